The lowest BCUT2D eigenvalue weighted by molar-refractivity contribution is -0.247. The van der Waals surface area contributed by atoms with Gasteiger partial charge in [-0.1, -0.05) is 0 Å². The summed E-state index contributed by atoms with van der Waals surface area (Å²) in [5, 5.41) is 3.42. The number of imidazole rings is 1. The Hall–Kier alpha value is -1.59. The van der Waals surface area contributed by atoms with Crippen molar-refractivity contribution in [1.82, 2.24) is 9.97 Å². The van der Waals surface area contributed by atoms with Crippen molar-refractivity contribution in [3.63, 3.8) is 0 Å². The van der Waals surface area contributed by atoms with Crippen molar-refractivity contribution in [3.05, 3.63) is 24.0 Å². The predicted octanol–water partition coefficient (Wildman–Crippen LogP) is 2.43. The molecule has 2 N–H and O–H groups in total. The van der Waals surface area contributed by atoms with Crippen LogP contribution in [0.2, 0.25) is 0 Å². The molecule has 0 bridgehead atoms. The topological polar surface area (TPSA) is 59.2 Å². The molecule has 0 radical (unpaired) electrons. The molecular weight excluding hydrogens is 242 g/mol. The summed E-state index contributed by atoms with van der Waals surface area (Å²) in [7, 11) is 0. The molecule has 2 heterocycles. The van der Waals surface area contributed by atoms with Crippen LogP contribution in [0.3, 0.4) is 0 Å². The van der Waals surface area contributed by atoms with Crippen molar-refractivity contribution in [2.24, 2.45) is 0 Å². The number of nitrogens with one attached hydrogen (secondary N) is 2. The number of ether oxygens (including phenoxy) is 2. The van der Waals surface area contributed by atoms with E-state index in [1.54, 1.807) is 0 Å². The highest BCUT2D eigenvalue weighted by molar-refractivity contribution is 5.79. The zero-order chi connectivity index (χ0) is 13.5. The van der Waals surface area contributed by atoms with Crippen LogP contribution in [0.15, 0.2) is 18.2 Å². The van der Waals surface area contributed by atoms with E-state index in [-0.39, 0.29) is 6.04 Å². The summed E-state index contributed by atoms with van der Waals surface area (Å²) in [6, 6.07) is 6.28. The lowest BCUT2D eigenvalue weighted by Crippen LogP contribution is -2.45. The van der Waals surface area contributed by atoms with Crippen LogP contribution in [0, 0.1) is 6.92 Å². The maximum atomic E-state index is 5.64. The van der Waals surface area contributed by atoms with Gasteiger partial charge in [0.1, 0.15) is 5.82 Å². The number of fused-ring (bicyclic) bond motifs is 1. The Morgan fingerprint density at radius 2 is 2.05 bits per heavy atom. The molecule has 5 heteroatoms. The highest BCUT2D eigenvalue weighted by Gasteiger charge is 2.28. The van der Waals surface area contributed by atoms with Gasteiger partial charge < -0.3 is 19.8 Å². The van der Waals surface area contributed by atoms with E-state index >= 15 is 0 Å². The van der Waals surface area contributed by atoms with Crippen LogP contribution in [0.4, 0.5) is 5.69 Å². The molecule has 0 atom stereocenters. The largest absolute Gasteiger partial charge is 0.378 e. The minimum Gasteiger partial charge on any atom is -0.378 e. The molecular formula is C14H19N3O2. The van der Waals surface area contributed by atoms with Crippen LogP contribution >= 0.6 is 0 Å². The van der Waals surface area contributed by atoms with Gasteiger partial charge in [-0.05, 0) is 39.0 Å². The normalized spacial score (nSPS) is 19.7. The van der Waals surface area contributed by atoms with Crippen molar-refractivity contribution in [1.29, 1.82) is 0 Å². The summed E-state index contributed by atoms with van der Waals surface area (Å²) in [6.45, 7) is 7.11. The van der Waals surface area contributed by atoms with Crippen molar-refractivity contribution in [3.8, 4) is 0 Å². The second-order valence-corrected chi connectivity index (χ2v) is 5.42. The first-order chi connectivity index (χ1) is 9.02. The van der Waals surface area contributed by atoms with Gasteiger partial charge >= 0.3 is 0 Å². The highest BCUT2D eigenvalue weighted by atomic mass is 16.7. The number of benzene rings is 1. The highest BCUT2D eigenvalue weighted by Crippen LogP contribution is 2.21. The third-order valence-electron chi connectivity index (χ3n) is 3.24. The van der Waals surface area contributed by atoms with Gasteiger partial charge in [0.2, 0.25) is 0 Å². The number of aromatic amines is 1. The summed E-state index contributed by atoms with van der Waals surface area (Å²) in [5.74, 6) is 0.459. The van der Waals surface area contributed by atoms with Crippen molar-refractivity contribution in [2.45, 2.75) is 32.6 Å². The quantitative estimate of drug-likeness (QED) is 0.871. The Balaban J connectivity index is 1.71. The fourth-order valence-corrected chi connectivity index (χ4v) is 2.24. The number of aryl methyl sites for hydroxylation is 1. The zero-order valence-electron chi connectivity index (χ0n) is 11.5. The van der Waals surface area contributed by atoms with Gasteiger partial charge in [0, 0.05) is 5.69 Å². The van der Waals surface area contributed by atoms with E-state index in [4.69, 9.17) is 9.47 Å². The van der Waals surface area contributed by atoms with Crippen LogP contribution in [-0.4, -0.2) is 35.0 Å². The van der Waals surface area contributed by atoms with Crippen LogP contribution < -0.4 is 5.32 Å². The van der Waals surface area contributed by atoms with Crippen LogP contribution in [-0.2, 0) is 9.47 Å². The van der Waals surface area contributed by atoms with Crippen molar-refractivity contribution < 1.29 is 9.47 Å². The van der Waals surface area contributed by atoms with Gasteiger partial charge in [0.25, 0.3) is 0 Å². The third kappa shape index (κ3) is 2.72. The molecule has 1 fully saturated rings. The molecule has 1 aromatic heterocycles. The maximum absolute atomic E-state index is 5.64. The predicted molar refractivity (Wildman–Crippen MR) is 74.2 cm³/mol. The fourth-order valence-electron chi connectivity index (χ4n) is 2.24. The van der Waals surface area contributed by atoms with E-state index in [9.17, 15) is 0 Å². The summed E-state index contributed by atoms with van der Waals surface area (Å²) >= 11 is 0. The molecule has 1 aromatic carbocycles. The molecule has 1 aliphatic rings. The van der Waals surface area contributed by atoms with Gasteiger partial charge in [0.05, 0.1) is 30.3 Å². The first-order valence-electron chi connectivity index (χ1n) is 6.53. The Morgan fingerprint density at radius 1 is 1.32 bits per heavy atom. The molecule has 0 amide bonds. The zero-order valence-corrected chi connectivity index (χ0v) is 11.5. The lowest BCUT2D eigenvalue weighted by Gasteiger charge is -2.35. The number of rotatable bonds is 2. The first kappa shape index (κ1) is 12.4. The SMILES string of the molecule is Cc1nc2ccc(NC3COC(C)(C)OC3)cc2[nH]1. The molecule has 19 heavy (non-hydrogen) atoms. The van der Waals surface area contributed by atoms with Crippen LogP contribution in [0.5, 0.6) is 0 Å². The molecule has 5 nitrogen and oxygen atoms in total. The molecule has 1 aliphatic heterocycles. The van der Waals surface area contributed by atoms with E-state index in [1.165, 1.54) is 0 Å². The third-order valence-corrected chi connectivity index (χ3v) is 3.24. The number of aromatic nitrogens is 2. The Bertz CT molecular complexity index is 581. The lowest BCUT2D eigenvalue weighted by atomic mass is 10.2. The Labute approximate surface area is 112 Å². The van der Waals surface area contributed by atoms with E-state index in [0.717, 1.165) is 22.5 Å². The van der Waals surface area contributed by atoms with E-state index in [2.05, 4.69) is 21.4 Å². The molecule has 0 saturated carbocycles. The van der Waals surface area contributed by atoms with Gasteiger partial charge in [-0.2, -0.15) is 0 Å². The average Bonchev–Trinajstić information content (AvgIpc) is 2.71. The Morgan fingerprint density at radius 3 is 2.79 bits per heavy atom. The van der Waals surface area contributed by atoms with Gasteiger partial charge in [0.15, 0.2) is 5.79 Å². The molecule has 102 valence electrons. The second kappa shape index (κ2) is 4.51. The number of hydrogen-bond donors (Lipinski definition) is 2. The van der Waals surface area contributed by atoms with Crippen LogP contribution in [0.1, 0.15) is 19.7 Å². The molecule has 0 aliphatic carbocycles. The number of H-pyrrole nitrogens is 1. The Kier molecular flexibility index (Phi) is 2.95. The smallest absolute Gasteiger partial charge is 0.162 e. The van der Waals surface area contributed by atoms with Gasteiger partial charge in [-0.25, -0.2) is 4.98 Å². The average molecular weight is 261 g/mol. The second-order valence-electron chi connectivity index (χ2n) is 5.42. The van der Waals surface area contributed by atoms with E-state index < -0.39 is 5.79 Å². The summed E-state index contributed by atoms with van der Waals surface area (Å²) in [5.41, 5.74) is 3.08. The van der Waals surface area contributed by atoms with Gasteiger partial charge in [-0.15, -0.1) is 0 Å². The van der Waals surface area contributed by atoms with E-state index in [1.807, 2.05) is 32.9 Å². The van der Waals surface area contributed by atoms with Gasteiger partial charge in [-0.3, -0.25) is 0 Å². The number of anilines is 1. The van der Waals surface area contributed by atoms with Crippen molar-refractivity contribution >= 4 is 16.7 Å². The van der Waals surface area contributed by atoms with Crippen molar-refractivity contribution in [2.75, 3.05) is 18.5 Å². The summed E-state index contributed by atoms with van der Waals surface area (Å²) < 4.78 is 11.3. The minimum absolute atomic E-state index is 0.175. The maximum Gasteiger partial charge on any atom is 0.162 e. The molecule has 0 spiro atoms. The minimum atomic E-state index is -0.470. The van der Waals surface area contributed by atoms with Crippen LogP contribution in [0.25, 0.3) is 11.0 Å². The fraction of sp³-hybridized carbons (Fsp3) is 0.500. The first-order valence-corrected chi connectivity index (χ1v) is 6.53. The molecule has 1 saturated heterocycles. The molecule has 3 rings (SSSR count). The number of hydrogen-bond acceptors (Lipinski definition) is 4. The standard InChI is InChI=1S/C14H19N3O2/c1-9-15-12-5-4-10(6-13(12)16-9)17-11-7-18-14(2,3)19-8-11/h4-6,11,17H,7-8H2,1-3H3,(H,15,16). The summed E-state index contributed by atoms with van der Waals surface area (Å²) in [4.78, 5) is 7.62. The monoisotopic (exact) mass is 261 g/mol. The van der Waals surface area contributed by atoms with E-state index in [0.29, 0.717) is 13.2 Å². The summed E-state index contributed by atoms with van der Waals surface area (Å²) in [6.07, 6.45) is 0. The number of nitrogens with zero attached hydrogens (tertiary/aromatic N) is 1. The molecule has 0 unspecified atom stereocenters. The molecule has 2 aromatic rings.